The Balaban J connectivity index is 0.000000165. The van der Waals surface area contributed by atoms with Crippen molar-refractivity contribution >= 4 is 9.52 Å². The van der Waals surface area contributed by atoms with Crippen LogP contribution < -0.4 is 5.32 Å². The highest BCUT2D eigenvalue weighted by Crippen LogP contribution is 2.26. The van der Waals surface area contributed by atoms with Crippen LogP contribution in [-0.2, 0) is 9.47 Å². The van der Waals surface area contributed by atoms with Crippen LogP contribution in [0.3, 0.4) is 0 Å². The Bertz CT molecular complexity index is 248. The van der Waals surface area contributed by atoms with Crippen molar-refractivity contribution in [2.75, 3.05) is 14.2 Å². The molecule has 0 aliphatic carbocycles. The molecule has 0 aromatic heterocycles. The van der Waals surface area contributed by atoms with E-state index in [9.17, 15) is 0 Å². The Labute approximate surface area is 100 Å². The number of hydrogen-bond acceptors (Lipinski definition) is 3. The molecule has 0 radical (unpaired) electrons. The summed E-state index contributed by atoms with van der Waals surface area (Å²) in [5.41, 5.74) is -0.0833. The molecule has 0 aromatic carbocycles. The smallest absolute Gasteiger partial charge is 0.144 e. The van der Waals surface area contributed by atoms with Gasteiger partial charge in [0.1, 0.15) is 5.41 Å². The fraction of sp³-hybridized carbons (Fsp3) is 0.500. The van der Waals surface area contributed by atoms with Crippen molar-refractivity contribution in [2.45, 2.75) is 24.3 Å². The standard InChI is InChI=1S/C6H7N.C6H14O2Si/c1-2-4-6-7-5-3-1;1-7-6(8-2)4-3-5-9-6/h1-7H;3-5,9H2,1-2H3. The summed E-state index contributed by atoms with van der Waals surface area (Å²) in [5, 5.41) is 2.92. The van der Waals surface area contributed by atoms with Crippen LogP contribution in [-0.4, -0.2) is 29.1 Å². The minimum Gasteiger partial charge on any atom is -0.368 e. The highest BCUT2D eigenvalue weighted by atomic mass is 28.2. The molecule has 2 aliphatic heterocycles. The Morgan fingerprint density at radius 2 is 1.69 bits per heavy atom. The van der Waals surface area contributed by atoms with E-state index in [1.807, 2.05) is 36.7 Å². The maximum atomic E-state index is 5.29. The largest absolute Gasteiger partial charge is 0.368 e. The average Bonchev–Trinajstić information content (AvgIpc) is 2.61. The van der Waals surface area contributed by atoms with Gasteiger partial charge in [0, 0.05) is 26.6 Å². The number of hydrogen-bond donors (Lipinski definition) is 1. The molecule has 0 saturated carbocycles. The molecule has 0 aromatic rings. The number of allylic oxidation sites excluding steroid dienone is 4. The summed E-state index contributed by atoms with van der Waals surface area (Å²) in [5.74, 6) is 0. The molecule has 90 valence electrons. The second-order valence-electron chi connectivity index (χ2n) is 3.80. The molecular formula is C12H21NO2Si. The molecule has 1 N–H and O–H groups in total. The summed E-state index contributed by atoms with van der Waals surface area (Å²) in [4.78, 5) is 0. The lowest BCUT2D eigenvalue weighted by Crippen LogP contribution is -2.35. The lowest BCUT2D eigenvalue weighted by Gasteiger charge is -2.25. The molecule has 2 aliphatic rings. The molecule has 0 atom stereocenters. The van der Waals surface area contributed by atoms with Gasteiger partial charge in [0.2, 0.25) is 0 Å². The Morgan fingerprint density at radius 3 is 2.06 bits per heavy atom. The fourth-order valence-corrected chi connectivity index (χ4v) is 3.76. The highest BCUT2D eigenvalue weighted by Gasteiger charge is 2.33. The van der Waals surface area contributed by atoms with Gasteiger partial charge in [0.25, 0.3) is 0 Å². The topological polar surface area (TPSA) is 30.5 Å². The first-order valence-corrected chi connectivity index (χ1v) is 7.38. The molecule has 1 saturated heterocycles. The van der Waals surface area contributed by atoms with E-state index in [1.54, 1.807) is 14.2 Å². The van der Waals surface area contributed by atoms with Gasteiger partial charge in [-0.3, -0.25) is 0 Å². The first kappa shape index (κ1) is 13.2. The number of ether oxygens (including phenoxy) is 2. The summed E-state index contributed by atoms with van der Waals surface area (Å²) in [6, 6.07) is 1.38. The van der Waals surface area contributed by atoms with E-state index < -0.39 is 0 Å². The summed E-state index contributed by atoms with van der Waals surface area (Å²) in [7, 11) is 3.41. The first-order valence-electron chi connectivity index (χ1n) is 5.68. The van der Waals surface area contributed by atoms with Crippen LogP contribution in [0.4, 0.5) is 0 Å². The van der Waals surface area contributed by atoms with E-state index in [4.69, 9.17) is 9.47 Å². The molecule has 3 nitrogen and oxygen atoms in total. The van der Waals surface area contributed by atoms with Crippen LogP contribution in [0, 0.1) is 0 Å². The Kier molecular flexibility index (Phi) is 6.14. The summed E-state index contributed by atoms with van der Waals surface area (Å²) in [6.07, 6.45) is 14.0. The van der Waals surface area contributed by atoms with Crippen molar-refractivity contribution in [1.29, 1.82) is 0 Å². The van der Waals surface area contributed by atoms with Crippen molar-refractivity contribution in [2.24, 2.45) is 0 Å². The van der Waals surface area contributed by atoms with Crippen molar-refractivity contribution < 1.29 is 9.47 Å². The van der Waals surface area contributed by atoms with Crippen LogP contribution in [0.25, 0.3) is 0 Å². The molecule has 4 heteroatoms. The van der Waals surface area contributed by atoms with Crippen LogP contribution >= 0.6 is 0 Å². The summed E-state index contributed by atoms with van der Waals surface area (Å²) >= 11 is 0. The van der Waals surface area contributed by atoms with Crippen molar-refractivity contribution in [1.82, 2.24) is 5.32 Å². The minimum atomic E-state index is -0.0941. The molecule has 0 bridgehead atoms. The van der Waals surface area contributed by atoms with Gasteiger partial charge in [0.05, 0.1) is 9.52 Å². The molecule has 1 fully saturated rings. The zero-order valence-electron chi connectivity index (χ0n) is 10.1. The SMILES string of the molecule is C1=CC=CNC=C1.COC1(OC)CCC[SiH2]1. The molecule has 0 spiro atoms. The van der Waals surface area contributed by atoms with E-state index in [2.05, 4.69) is 5.32 Å². The zero-order chi connectivity index (χ0) is 11.7. The van der Waals surface area contributed by atoms with Crippen LogP contribution in [0.1, 0.15) is 12.8 Å². The maximum absolute atomic E-state index is 5.29. The number of methoxy groups -OCH3 is 2. The van der Waals surface area contributed by atoms with E-state index in [0.29, 0.717) is 0 Å². The third kappa shape index (κ3) is 4.34. The summed E-state index contributed by atoms with van der Waals surface area (Å²) < 4.78 is 10.6. The second-order valence-corrected chi connectivity index (χ2v) is 6.08. The van der Waals surface area contributed by atoms with E-state index in [-0.39, 0.29) is 14.9 Å². The third-order valence-corrected chi connectivity index (χ3v) is 5.37. The molecule has 0 amide bonds. The Hall–Kier alpha value is -0.843. The molecule has 0 unspecified atom stereocenters. The van der Waals surface area contributed by atoms with Gasteiger partial charge in [-0.2, -0.15) is 0 Å². The van der Waals surface area contributed by atoms with E-state index in [0.717, 1.165) is 6.42 Å². The third-order valence-electron chi connectivity index (χ3n) is 2.83. The van der Waals surface area contributed by atoms with Gasteiger partial charge in [-0.1, -0.05) is 24.6 Å². The molecular weight excluding hydrogens is 218 g/mol. The first-order chi connectivity index (χ1) is 7.83. The number of nitrogens with one attached hydrogen (secondary N) is 1. The Morgan fingerprint density at radius 1 is 1.06 bits per heavy atom. The molecule has 2 heterocycles. The van der Waals surface area contributed by atoms with Crippen LogP contribution in [0.5, 0.6) is 0 Å². The van der Waals surface area contributed by atoms with E-state index >= 15 is 0 Å². The van der Waals surface area contributed by atoms with Gasteiger partial charge in [-0.15, -0.1) is 0 Å². The second kappa shape index (κ2) is 7.43. The van der Waals surface area contributed by atoms with Crippen LogP contribution in [0.15, 0.2) is 36.7 Å². The predicted molar refractivity (Wildman–Crippen MR) is 69.9 cm³/mol. The van der Waals surface area contributed by atoms with Gasteiger partial charge in [-0.05, 0) is 18.6 Å². The lowest BCUT2D eigenvalue weighted by molar-refractivity contribution is -0.142. The van der Waals surface area contributed by atoms with Gasteiger partial charge < -0.3 is 14.8 Å². The normalized spacial score (nSPS) is 22.4. The van der Waals surface area contributed by atoms with Crippen LogP contribution in [0.2, 0.25) is 6.04 Å². The maximum Gasteiger partial charge on any atom is 0.144 e. The van der Waals surface area contributed by atoms with Crippen molar-refractivity contribution in [3.05, 3.63) is 36.7 Å². The zero-order valence-corrected chi connectivity index (χ0v) is 11.5. The van der Waals surface area contributed by atoms with Crippen molar-refractivity contribution in [3.8, 4) is 0 Å². The van der Waals surface area contributed by atoms with Crippen molar-refractivity contribution in [3.63, 3.8) is 0 Å². The molecule has 2 rings (SSSR count). The quantitative estimate of drug-likeness (QED) is 0.585. The minimum absolute atomic E-state index is 0.0833. The highest BCUT2D eigenvalue weighted by molar-refractivity contribution is 6.40. The van der Waals surface area contributed by atoms with Gasteiger partial charge in [-0.25, -0.2) is 0 Å². The van der Waals surface area contributed by atoms with E-state index in [1.165, 1.54) is 12.5 Å². The summed E-state index contributed by atoms with van der Waals surface area (Å²) in [6.45, 7) is 0. The number of rotatable bonds is 2. The van der Waals surface area contributed by atoms with Gasteiger partial charge in [0.15, 0.2) is 0 Å². The monoisotopic (exact) mass is 239 g/mol. The van der Waals surface area contributed by atoms with Gasteiger partial charge >= 0.3 is 0 Å². The molecule has 16 heavy (non-hydrogen) atoms. The average molecular weight is 239 g/mol. The fourth-order valence-electron chi connectivity index (χ4n) is 1.81. The lowest BCUT2D eigenvalue weighted by atomic mass is 10.3. The predicted octanol–water partition coefficient (Wildman–Crippen LogP) is 1.49.